The molecule has 4 rings (SSSR count). The lowest BCUT2D eigenvalue weighted by Gasteiger charge is -2.22. The highest BCUT2D eigenvalue weighted by molar-refractivity contribution is 7.87. The van der Waals surface area contributed by atoms with Gasteiger partial charge in [-0.3, -0.25) is 14.3 Å². The van der Waals surface area contributed by atoms with Crippen LogP contribution in [0.3, 0.4) is 0 Å². The molecule has 0 saturated carbocycles. The maximum Gasteiger partial charge on any atom is 0.241 e. The number of nitrogens with zero attached hydrogens (tertiary/aromatic N) is 6. The Morgan fingerprint density at radius 3 is 2.30 bits per heavy atom. The minimum absolute atomic E-state index is 0.205. The van der Waals surface area contributed by atoms with Crippen LogP contribution < -0.4 is 14.2 Å². The van der Waals surface area contributed by atoms with Gasteiger partial charge in [-0.2, -0.15) is 0 Å². The number of halogens is 1. The number of hydrogen-bond donors (Lipinski definition) is 1. The molecule has 3 heterocycles. The summed E-state index contributed by atoms with van der Waals surface area (Å²) in [6, 6.07) is 7.32. The molecular formula is C24H26ClN7O4S. The second-order valence-electron chi connectivity index (χ2n) is 7.97. The van der Waals surface area contributed by atoms with Gasteiger partial charge < -0.3 is 14.2 Å². The first-order valence-corrected chi connectivity index (χ1v) is 12.7. The van der Waals surface area contributed by atoms with Crippen LogP contribution >= 0.6 is 11.6 Å². The van der Waals surface area contributed by atoms with E-state index in [1.807, 2.05) is 19.1 Å². The van der Waals surface area contributed by atoms with Crippen molar-refractivity contribution in [2.45, 2.75) is 25.2 Å². The van der Waals surface area contributed by atoms with E-state index in [2.05, 4.69) is 29.9 Å². The summed E-state index contributed by atoms with van der Waals surface area (Å²) >= 11 is 5.92. The van der Waals surface area contributed by atoms with Crippen LogP contribution in [0.1, 0.15) is 24.4 Å². The molecule has 0 aliphatic heterocycles. The molecule has 0 aliphatic rings. The van der Waals surface area contributed by atoms with Crippen molar-refractivity contribution in [2.24, 2.45) is 0 Å². The Balaban J connectivity index is 1.79. The molecule has 0 saturated heterocycles. The molecule has 1 N–H and O–H groups in total. The van der Waals surface area contributed by atoms with Crippen molar-refractivity contribution in [3.05, 3.63) is 65.5 Å². The quantitative estimate of drug-likeness (QED) is 0.316. The van der Waals surface area contributed by atoms with Gasteiger partial charge in [-0.25, -0.2) is 14.2 Å². The fraction of sp³-hybridized carbons (Fsp3) is 0.292. The van der Waals surface area contributed by atoms with Gasteiger partial charge in [0.05, 0.1) is 24.5 Å². The Morgan fingerprint density at radius 2 is 1.70 bits per heavy atom. The van der Waals surface area contributed by atoms with E-state index >= 15 is 0 Å². The first-order chi connectivity index (χ1) is 17.9. The van der Waals surface area contributed by atoms with Gasteiger partial charge in [0.15, 0.2) is 11.6 Å². The van der Waals surface area contributed by atoms with E-state index in [4.69, 9.17) is 25.8 Å². The lowest BCUT2D eigenvalue weighted by Crippen LogP contribution is -2.28. The molecule has 4 aromatic rings. The molecule has 1 aromatic carbocycles. The predicted octanol–water partition coefficient (Wildman–Crippen LogP) is 3.95. The van der Waals surface area contributed by atoms with Crippen LogP contribution in [0.15, 0.2) is 49.1 Å². The molecule has 3 aromatic heterocycles. The molecule has 0 fully saturated rings. The van der Waals surface area contributed by atoms with Gasteiger partial charge in [0.2, 0.25) is 5.95 Å². The Morgan fingerprint density at radius 1 is 1.03 bits per heavy atom. The van der Waals surface area contributed by atoms with Crippen molar-refractivity contribution in [1.82, 2.24) is 29.7 Å². The third kappa shape index (κ3) is 5.55. The fourth-order valence-electron chi connectivity index (χ4n) is 3.75. The monoisotopic (exact) mass is 543 g/mol. The van der Waals surface area contributed by atoms with Crippen LogP contribution in [-0.4, -0.2) is 60.5 Å². The number of benzene rings is 1. The number of nitrogens with one attached hydrogen (secondary N) is 1. The van der Waals surface area contributed by atoms with Crippen LogP contribution in [-0.2, 0) is 15.7 Å². The van der Waals surface area contributed by atoms with Gasteiger partial charge in [-0.15, -0.1) is 10.2 Å². The molecular weight excluding hydrogens is 518 g/mol. The molecule has 0 bridgehead atoms. The number of aromatic nitrogens is 6. The summed E-state index contributed by atoms with van der Waals surface area (Å²) in [7, 11) is 2.90. The summed E-state index contributed by atoms with van der Waals surface area (Å²) in [5.41, 5.74) is 2.18. The smallest absolute Gasteiger partial charge is 0.241 e. The largest absolute Gasteiger partial charge is 0.494 e. The zero-order valence-corrected chi connectivity index (χ0v) is 22.4. The van der Waals surface area contributed by atoms with Crippen LogP contribution in [0.4, 0.5) is 5.95 Å². The molecule has 3 unspecified atom stereocenters. The Bertz CT molecular complexity index is 1380. The molecule has 0 amide bonds. The van der Waals surface area contributed by atoms with Gasteiger partial charge in [0.1, 0.15) is 34.3 Å². The summed E-state index contributed by atoms with van der Waals surface area (Å²) < 4.78 is 35.0. The average Bonchev–Trinajstić information content (AvgIpc) is 3.32. The number of anilines is 1. The third-order valence-electron chi connectivity index (χ3n) is 5.53. The van der Waals surface area contributed by atoms with Crippen LogP contribution in [0, 0.1) is 6.92 Å². The van der Waals surface area contributed by atoms with E-state index in [0.717, 1.165) is 5.56 Å². The van der Waals surface area contributed by atoms with E-state index in [9.17, 15) is 4.21 Å². The first-order valence-electron chi connectivity index (χ1n) is 11.1. The highest BCUT2D eigenvalue weighted by Gasteiger charge is 2.30. The molecule has 37 heavy (non-hydrogen) atoms. The lowest BCUT2D eigenvalue weighted by molar-refractivity contribution is 0.0961. The van der Waals surface area contributed by atoms with E-state index < -0.39 is 22.3 Å². The third-order valence-corrected chi connectivity index (χ3v) is 7.03. The first kappa shape index (κ1) is 26.5. The van der Waals surface area contributed by atoms with Crippen LogP contribution in [0.5, 0.6) is 11.5 Å². The van der Waals surface area contributed by atoms with Gasteiger partial charge >= 0.3 is 0 Å². The van der Waals surface area contributed by atoms with Crippen LogP contribution in [0.25, 0.3) is 17.1 Å². The van der Waals surface area contributed by atoms with Crippen molar-refractivity contribution in [3.63, 3.8) is 0 Å². The highest BCUT2D eigenvalue weighted by atomic mass is 35.5. The predicted molar refractivity (Wildman–Crippen MR) is 140 cm³/mol. The Hall–Kier alpha value is -3.61. The molecule has 13 heteroatoms. The summed E-state index contributed by atoms with van der Waals surface area (Å²) in [5.74, 6) is 2.03. The maximum absolute atomic E-state index is 13.5. The average molecular weight is 544 g/mol. The van der Waals surface area contributed by atoms with E-state index in [1.54, 1.807) is 50.2 Å². The van der Waals surface area contributed by atoms with Gasteiger partial charge in [-0.1, -0.05) is 17.7 Å². The highest BCUT2D eigenvalue weighted by Crippen LogP contribution is 2.38. The van der Waals surface area contributed by atoms with Gasteiger partial charge in [0, 0.05) is 37.5 Å². The van der Waals surface area contributed by atoms with Crippen molar-refractivity contribution >= 4 is 28.5 Å². The number of aryl methyl sites for hydroxylation is 1. The fourth-order valence-corrected chi connectivity index (χ4v) is 4.80. The Kier molecular flexibility index (Phi) is 8.31. The molecule has 3 atom stereocenters. The van der Waals surface area contributed by atoms with Crippen molar-refractivity contribution in [2.75, 3.05) is 26.1 Å². The number of pyridine rings is 1. The molecule has 11 nitrogen and oxygen atoms in total. The summed E-state index contributed by atoms with van der Waals surface area (Å²) in [6.07, 6.45) is 5.67. The number of ether oxygens (including phenoxy) is 3. The topological polar surface area (TPSA) is 126 Å². The van der Waals surface area contributed by atoms with E-state index in [1.165, 1.54) is 19.5 Å². The summed E-state index contributed by atoms with van der Waals surface area (Å²) in [5, 5.41) is 8.52. The standard InChI is InChI=1S/C24H26ClN7O4S/c1-14-9-16(11-26-10-14)23-29-30-24(32(23)20-18(34-3)7-6-8-19(20)35-4)31-37(33)15(2)21(36-5)22-27-12-17(25)13-28-22/h6-13,15,21H,1-5H3,(H,30,31). The lowest BCUT2D eigenvalue weighted by atomic mass is 10.2. The second kappa shape index (κ2) is 11.6. The SMILES string of the molecule is COc1cccc(OC)c1-n1c(NS(=O)C(C)C(OC)c2ncc(Cl)cn2)nnc1-c1cncc(C)c1. The molecule has 0 spiro atoms. The number of methoxy groups -OCH3 is 3. The minimum atomic E-state index is -1.71. The number of hydrogen-bond acceptors (Lipinski definition) is 9. The van der Waals surface area contributed by atoms with Crippen molar-refractivity contribution in [3.8, 4) is 28.6 Å². The molecule has 0 radical (unpaired) electrons. The molecule has 194 valence electrons. The summed E-state index contributed by atoms with van der Waals surface area (Å²) in [4.78, 5) is 12.7. The van der Waals surface area contributed by atoms with E-state index in [-0.39, 0.29) is 5.95 Å². The van der Waals surface area contributed by atoms with Gasteiger partial charge in [0.25, 0.3) is 0 Å². The Labute approximate surface area is 221 Å². The molecule has 0 aliphatic carbocycles. The minimum Gasteiger partial charge on any atom is -0.494 e. The number of rotatable bonds is 10. The zero-order chi connectivity index (χ0) is 26.5. The maximum atomic E-state index is 13.5. The van der Waals surface area contributed by atoms with Gasteiger partial charge in [-0.05, 0) is 37.6 Å². The normalized spacial score (nSPS) is 13.6. The number of para-hydroxylation sites is 1. The van der Waals surface area contributed by atoms with Crippen molar-refractivity contribution < 1.29 is 18.4 Å². The van der Waals surface area contributed by atoms with Crippen LogP contribution in [0.2, 0.25) is 5.02 Å². The zero-order valence-electron chi connectivity index (χ0n) is 20.9. The van der Waals surface area contributed by atoms with Crippen molar-refractivity contribution in [1.29, 1.82) is 0 Å². The second-order valence-corrected chi connectivity index (χ2v) is 9.94. The van der Waals surface area contributed by atoms with E-state index in [0.29, 0.717) is 39.4 Å². The summed E-state index contributed by atoms with van der Waals surface area (Å²) in [6.45, 7) is 3.69.